The van der Waals surface area contributed by atoms with E-state index in [1.54, 1.807) is 0 Å². The van der Waals surface area contributed by atoms with Gasteiger partial charge in [0.15, 0.2) is 0 Å². The van der Waals surface area contributed by atoms with Gasteiger partial charge < -0.3 is 0 Å². The van der Waals surface area contributed by atoms with Gasteiger partial charge in [0.1, 0.15) is 0 Å². The monoisotopic (exact) mass is 208 g/mol. The van der Waals surface area contributed by atoms with Crippen molar-refractivity contribution in [3.05, 3.63) is 36.4 Å². The van der Waals surface area contributed by atoms with Crippen LogP contribution in [0.4, 0.5) is 0 Å². The van der Waals surface area contributed by atoms with Crippen LogP contribution in [0.1, 0.15) is 5.56 Å². The molecule has 0 N–H and O–H groups in total. The first-order chi connectivity index (χ1) is 6.38. The Kier molecular flexibility index (Phi) is 3.01. The van der Waals surface area contributed by atoms with Gasteiger partial charge in [-0.25, -0.2) is 0 Å². The molecule has 0 bridgehead atoms. The van der Waals surface area contributed by atoms with Crippen LogP contribution in [0.3, 0.4) is 0 Å². The molecule has 0 nitrogen and oxygen atoms in total. The largest absolute Gasteiger partial charge is 0.156 e. The predicted octanol–water partition coefficient (Wildman–Crippen LogP) is 3.54. The van der Waals surface area contributed by atoms with E-state index in [1.165, 1.54) is 22.0 Å². The van der Waals surface area contributed by atoms with Crippen LogP contribution in [0.2, 0.25) is 0 Å². The highest BCUT2D eigenvalue weighted by Gasteiger charge is 2.21. The quantitative estimate of drug-likeness (QED) is 0.548. The molecular formula is C11H12S2. The smallest absolute Gasteiger partial charge is 0.0232 e. The van der Waals surface area contributed by atoms with Crippen molar-refractivity contribution in [1.82, 2.24) is 0 Å². The van der Waals surface area contributed by atoms with Crippen LogP contribution >= 0.6 is 23.5 Å². The fourth-order valence-electron chi connectivity index (χ4n) is 1.05. The van der Waals surface area contributed by atoms with Gasteiger partial charge >= 0.3 is 0 Å². The first kappa shape index (κ1) is 9.22. The molecule has 1 atom stereocenters. The molecule has 1 aliphatic rings. The minimum atomic E-state index is 0.920. The molecule has 0 saturated carbocycles. The second-order valence-corrected chi connectivity index (χ2v) is 5.47. The van der Waals surface area contributed by atoms with Crippen molar-refractivity contribution in [3.63, 3.8) is 0 Å². The summed E-state index contributed by atoms with van der Waals surface area (Å²) < 4.78 is 0. The maximum Gasteiger partial charge on any atom is 0.0232 e. The van der Waals surface area contributed by atoms with Gasteiger partial charge in [-0.3, -0.25) is 0 Å². The lowest BCUT2D eigenvalue weighted by Gasteiger charge is -1.99. The van der Waals surface area contributed by atoms with Crippen LogP contribution < -0.4 is 0 Å². The van der Waals surface area contributed by atoms with Crippen LogP contribution in [0.5, 0.6) is 0 Å². The van der Waals surface area contributed by atoms with Crippen LogP contribution in [0, 0.1) is 0 Å². The normalized spacial score (nSPS) is 19.8. The topological polar surface area (TPSA) is 0 Å². The molecule has 2 heteroatoms. The van der Waals surface area contributed by atoms with Crippen LogP contribution in [-0.4, -0.2) is 16.8 Å². The van der Waals surface area contributed by atoms with Crippen molar-refractivity contribution in [2.45, 2.75) is 10.1 Å². The molecule has 1 aromatic carbocycles. The highest BCUT2D eigenvalue weighted by atomic mass is 32.2. The Morgan fingerprint density at radius 1 is 1.46 bits per heavy atom. The Balaban J connectivity index is 1.91. The molecule has 0 amide bonds. The second-order valence-electron chi connectivity index (χ2n) is 3.04. The lowest BCUT2D eigenvalue weighted by atomic mass is 10.2. The average molecular weight is 208 g/mol. The maximum absolute atomic E-state index is 3.73. The van der Waals surface area contributed by atoms with Crippen molar-refractivity contribution < 1.29 is 0 Å². The van der Waals surface area contributed by atoms with Gasteiger partial charge in [0.25, 0.3) is 0 Å². The van der Waals surface area contributed by atoms with Crippen LogP contribution in [-0.2, 0) is 0 Å². The number of hydrogen-bond acceptors (Lipinski definition) is 2. The van der Waals surface area contributed by atoms with Crippen molar-refractivity contribution in [2.75, 3.05) is 11.5 Å². The van der Waals surface area contributed by atoms with Crippen LogP contribution in [0.25, 0.3) is 6.08 Å². The lowest BCUT2D eigenvalue weighted by Crippen LogP contribution is -1.86. The van der Waals surface area contributed by atoms with Gasteiger partial charge in [0.05, 0.1) is 0 Å². The van der Waals surface area contributed by atoms with Crippen molar-refractivity contribution >= 4 is 29.6 Å². The zero-order valence-corrected chi connectivity index (χ0v) is 9.03. The predicted molar refractivity (Wildman–Crippen MR) is 63.5 cm³/mol. The molecule has 0 aliphatic carbocycles. The van der Waals surface area contributed by atoms with E-state index in [4.69, 9.17) is 0 Å². The molecule has 0 aromatic heterocycles. The Morgan fingerprint density at radius 2 is 2.15 bits per heavy atom. The number of thioether (sulfide) groups is 2. The summed E-state index contributed by atoms with van der Waals surface area (Å²) >= 11 is 4.01. The maximum atomic E-state index is 3.73. The lowest BCUT2D eigenvalue weighted by molar-refractivity contribution is 1.26. The molecule has 1 saturated heterocycles. The third kappa shape index (κ3) is 2.82. The molecule has 0 radical (unpaired) electrons. The van der Waals surface area contributed by atoms with Gasteiger partial charge in [0.2, 0.25) is 0 Å². The molecule has 1 aromatic rings. The van der Waals surface area contributed by atoms with E-state index in [9.17, 15) is 0 Å². The molecule has 1 fully saturated rings. The number of benzene rings is 1. The fourth-order valence-corrected chi connectivity index (χ4v) is 2.87. The Hall–Kier alpha value is -0.340. The van der Waals surface area contributed by atoms with Crippen LogP contribution in [0.15, 0.2) is 35.7 Å². The third-order valence-corrected chi connectivity index (χ3v) is 4.31. The average Bonchev–Trinajstić information content (AvgIpc) is 2.99. The highest BCUT2D eigenvalue weighted by molar-refractivity contribution is 8.08. The summed E-state index contributed by atoms with van der Waals surface area (Å²) in [6.07, 6.45) is 1.88. The molecule has 2 rings (SSSR count). The molecular weight excluding hydrogens is 196 g/mol. The summed E-state index contributed by atoms with van der Waals surface area (Å²) in [5.41, 5.74) is 1.20. The minimum Gasteiger partial charge on any atom is -0.156 e. The van der Waals surface area contributed by atoms with Gasteiger partial charge in [-0.15, -0.1) is 11.8 Å². The second kappa shape index (κ2) is 4.25. The Labute approximate surface area is 87.8 Å². The molecule has 1 aliphatic heterocycles. The first-order valence-corrected chi connectivity index (χ1v) is 6.39. The van der Waals surface area contributed by atoms with E-state index in [0.29, 0.717) is 0 Å². The zero-order valence-electron chi connectivity index (χ0n) is 7.40. The summed E-state index contributed by atoms with van der Waals surface area (Å²) in [6.45, 7) is 3.73. The van der Waals surface area contributed by atoms with E-state index in [1.807, 2.05) is 17.8 Å². The van der Waals surface area contributed by atoms with Crippen molar-refractivity contribution in [3.8, 4) is 0 Å². The zero-order chi connectivity index (χ0) is 9.10. The summed E-state index contributed by atoms with van der Waals surface area (Å²) in [4.78, 5) is 1.37. The molecule has 0 spiro atoms. The van der Waals surface area contributed by atoms with Gasteiger partial charge in [-0.2, -0.15) is 11.8 Å². The van der Waals surface area contributed by atoms with E-state index < -0.39 is 0 Å². The molecule has 13 heavy (non-hydrogen) atoms. The highest BCUT2D eigenvalue weighted by Crippen LogP contribution is 2.35. The Morgan fingerprint density at radius 3 is 2.69 bits per heavy atom. The number of hydrogen-bond donors (Lipinski definition) is 0. The molecule has 1 heterocycles. The SMILES string of the molecule is C=Cc1ccc(SCC2CS2)cc1. The standard InChI is InChI=1S/C11H12S2/c1-2-9-3-5-10(6-4-9)12-7-11-8-13-11/h2-6,11H,1,7-8H2. The van der Waals surface area contributed by atoms with Gasteiger partial charge in [0, 0.05) is 21.7 Å². The number of rotatable bonds is 4. The van der Waals surface area contributed by atoms with E-state index in [0.717, 1.165) is 5.25 Å². The van der Waals surface area contributed by atoms with Gasteiger partial charge in [-0.05, 0) is 17.7 Å². The van der Waals surface area contributed by atoms with Gasteiger partial charge in [-0.1, -0.05) is 24.8 Å². The van der Waals surface area contributed by atoms with Crippen molar-refractivity contribution in [2.24, 2.45) is 0 Å². The summed E-state index contributed by atoms with van der Waals surface area (Å²) in [7, 11) is 0. The third-order valence-electron chi connectivity index (χ3n) is 1.95. The Bertz CT molecular complexity index is 285. The summed E-state index contributed by atoms with van der Waals surface area (Å²) in [5, 5.41) is 0.920. The molecule has 68 valence electrons. The fraction of sp³-hybridized carbons (Fsp3) is 0.273. The first-order valence-electron chi connectivity index (χ1n) is 4.35. The summed E-state index contributed by atoms with van der Waals surface area (Å²) in [6, 6.07) is 8.59. The summed E-state index contributed by atoms with van der Waals surface area (Å²) in [5.74, 6) is 2.62. The van der Waals surface area contributed by atoms with E-state index in [-0.39, 0.29) is 0 Å². The van der Waals surface area contributed by atoms with Crippen molar-refractivity contribution in [1.29, 1.82) is 0 Å². The van der Waals surface area contributed by atoms with E-state index >= 15 is 0 Å². The minimum absolute atomic E-state index is 0.920. The van der Waals surface area contributed by atoms with E-state index in [2.05, 4.69) is 42.6 Å². The molecule has 1 unspecified atom stereocenters.